The molecule has 1 aliphatic rings. The molecular weight excluding hydrogens is 550 g/mol. The predicted octanol–water partition coefficient (Wildman–Crippen LogP) is 4.43. The van der Waals surface area contributed by atoms with Crippen molar-refractivity contribution in [2.75, 3.05) is 25.5 Å². The smallest absolute Gasteiger partial charge is 0.225 e. The Kier molecular flexibility index (Phi) is 9.35. The van der Waals surface area contributed by atoms with E-state index in [2.05, 4.69) is 36.9 Å². The van der Waals surface area contributed by atoms with Gasteiger partial charge in [-0.1, -0.05) is 40.2 Å². The zero-order chi connectivity index (χ0) is 19.9. The molecule has 0 spiro atoms. The summed E-state index contributed by atoms with van der Waals surface area (Å²) >= 11 is 3.27. The van der Waals surface area contributed by atoms with Crippen LogP contribution in [-0.4, -0.2) is 32.0 Å². The number of para-hydroxylation sites is 1. The fourth-order valence-corrected chi connectivity index (χ4v) is 3.67. The van der Waals surface area contributed by atoms with E-state index in [1.807, 2.05) is 30.3 Å². The van der Waals surface area contributed by atoms with Gasteiger partial charge < -0.3 is 16.0 Å². The van der Waals surface area contributed by atoms with Gasteiger partial charge in [0.25, 0.3) is 0 Å². The van der Waals surface area contributed by atoms with Crippen LogP contribution in [-0.2, 0) is 11.2 Å². The van der Waals surface area contributed by atoms with E-state index in [4.69, 9.17) is 0 Å². The summed E-state index contributed by atoms with van der Waals surface area (Å²) in [6.45, 7) is 1.29. The molecule has 0 saturated heterocycles. The summed E-state index contributed by atoms with van der Waals surface area (Å²) in [4.78, 5) is 16.2. The lowest BCUT2D eigenvalue weighted by Gasteiger charge is -2.26. The summed E-state index contributed by atoms with van der Waals surface area (Å²) in [6.07, 6.45) is 1.89. The van der Waals surface area contributed by atoms with Crippen molar-refractivity contribution in [2.24, 2.45) is 4.99 Å². The molecule has 0 aromatic heterocycles. The van der Waals surface area contributed by atoms with Gasteiger partial charge in [-0.25, -0.2) is 4.39 Å². The maximum Gasteiger partial charge on any atom is 0.225 e. The Morgan fingerprint density at radius 2 is 2.07 bits per heavy atom. The fraction of sp³-hybridized carbons (Fsp3) is 0.333. The second kappa shape index (κ2) is 11.5. The lowest BCUT2D eigenvalue weighted by atomic mass is 9.90. The van der Waals surface area contributed by atoms with E-state index in [9.17, 15) is 9.18 Å². The van der Waals surface area contributed by atoms with Crippen molar-refractivity contribution in [2.45, 2.75) is 25.2 Å². The van der Waals surface area contributed by atoms with Crippen LogP contribution >= 0.6 is 39.9 Å². The first-order valence-electron chi connectivity index (χ1n) is 9.34. The third-order valence-corrected chi connectivity index (χ3v) is 5.27. The van der Waals surface area contributed by atoms with Gasteiger partial charge in [0, 0.05) is 42.6 Å². The van der Waals surface area contributed by atoms with E-state index < -0.39 is 0 Å². The molecule has 2 aromatic carbocycles. The first-order valence-corrected chi connectivity index (χ1v) is 10.1. The number of aliphatic imine (C=N–C) groups is 1. The third kappa shape index (κ3) is 6.67. The van der Waals surface area contributed by atoms with Crippen LogP contribution in [0.2, 0.25) is 0 Å². The molecule has 3 rings (SSSR count). The van der Waals surface area contributed by atoms with Crippen LogP contribution in [0.25, 0.3) is 0 Å². The van der Waals surface area contributed by atoms with E-state index >= 15 is 0 Å². The Morgan fingerprint density at radius 1 is 1.28 bits per heavy atom. The molecule has 1 unspecified atom stereocenters. The number of aryl methyl sites for hydroxylation is 1. The maximum atomic E-state index is 13.9. The van der Waals surface area contributed by atoms with Gasteiger partial charge in [-0.2, -0.15) is 0 Å². The van der Waals surface area contributed by atoms with Crippen LogP contribution in [0.5, 0.6) is 0 Å². The summed E-state index contributed by atoms with van der Waals surface area (Å²) in [5.74, 6) is 0.621. The van der Waals surface area contributed by atoms with E-state index in [0.717, 1.165) is 22.1 Å². The van der Waals surface area contributed by atoms with Crippen molar-refractivity contribution in [1.82, 2.24) is 10.6 Å². The van der Waals surface area contributed by atoms with Crippen molar-refractivity contribution in [1.29, 1.82) is 0 Å². The lowest BCUT2D eigenvalue weighted by Crippen LogP contribution is -2.41. The van der Waals surface area contributed by atoms with E-state index in [1.165, 1.54) is 6.07 Å². The zero-order valence-corrected chi connectivity index (χ0v) is 20.1. The van der Waals surface area contributed by atoms with Gasteiger partial charge in [0.1, 0.15) is 5.82 Å². The van der Waals surface area contributed by atoms with E-state index in [-0.39, 0.29) is 41.6 Å². The van der Waals surface area contributed by atoms with Gasteiger partial charge >= 0.3 is 0 Å². The number of carbonyl (C=O) groups excluding carboxylic acids is 1. The molecule has 0 bridgehead atoms. The second-order valence-electron chi connectivity index (χ2n) is 6.76. The molecule has 29 heavy (non-hydrogen) atoms. The number of carbonyl (C=O) groups is 1. The molecule has 1 amide bonds. The highest BCUT2D eigenvalue weighted by Crippen LogP contribution is 2.31. The van der Waals surface area contributed by atoms with Crippen LogP contribution < -0.4 is 16.0 Å². The topological polar surface area (TPSA) is 65.5 Å². The van der Waals surface area contributed by atoms with Gasteiger partial charge in [-0.15, -0.1) is 24.0 Å². The number of rotatable bonds is 6. The molecule has 3 N–H and O–H groups in total. The minimum atomic E-state index is -0.189. The maximum absolute atomic E-state index is 13.9. The summed E-state index contributed by atoms with van der Waals surface area (Å²) in [5, 5.41) is 9.46. The first-order chi connectivity index (χ1) is 13.6. The Labute approximate surface area is 196 Å². The molecule has 1 heterocycles. The highest BCUT2D eigenvalue weighted by molar-refractivity contribution is 14.0. The molecule has 156 valence electrons. The van der Waals surface area contributed by atoms with Crippen molar-refractivity contribution < 1.29 is 9.18 Å². The number of hydrogen-bond donors (Lipinski definition) is 3. The van der Waals surface area contributed by atoms with Gasteiger partial charge in [-0.3, -0.25) is 9.79 Å². The number of halogens is 3. The van der Waals surface area contributed by atoms with Crippen molar-refractivity contribution >= 4 is 57.5 Å². The Hall–Kier alpha value is -1.68. The summed E-state index contributed by atoms with van der Waals surface area (Å²) in [7, 11) is 1.71. The predicted molar refractivity (Wildman–Crippen MR) is 130 cm³/mol. The van der Waals surface area contributed by atoms with Gasteiger partial charge in [0.15, 0.2) is 5.96 Å². The number of benzene rings is 2. The molecule has 1 atom stereocenters. The molecule has 2 aromatic rings. The molecule has 0 aliphatic carbocycles. The molecule has 5 nitrogen and oxygen atoms in total. The fourth-order valence-electron chi connectivity index (χ4n) is 3.33. The monoisotopic (exact) mass is 574 g/mol. The SMILES string of the molecule is CN=C(NCCCc1ccc(Br)cc1F)NCC1CC(=O)Nc2ccccc21.I. The van der Waals surface area contributed by atoms with Crippen molar-refractivity contribution in [3.63, 3.8) is 0 Å². The Morgan fingerprint density at radius 3 is 2.83 bits per heavy atom. The van der Waals surface area contributed by atoms with Gasteiger partial charge in [-0.05, 0) is 42.2 Å². The number of nitrogens with one attached hydrogen (secondary N) is 3. The van der Waals surface area contributed by atoms with Crippen LogP contribution in [0.15, 0.2) is 51.9 Å². The standard InChI is InChI=1S/C21H24BrFN4O.HI/c1-24-21(25-10-4-5-14-8-9-16(22)12-18(14)23)26-13-15-11-20(28)27-19-7-3-2-6-17(15)19;/h2-3,6-9,12,15H,4-5,10-11,13H2,1H3,(H,27,28)(H2,24,25,26);1H. The van der Waals surface area contributed by atoms with Gasteiger partial charge in [0.2, 0.25) is 5.91 Å². The summed E-state index contributed by atoms with van der Waals surface area (Å²) < 4.78 is 14.6. The lowest BCUT2D eigenvalue weighted by molar-refractivity contribution is -0.116. The minimum absolute atomic E-state index is 0. The Bertz CT molecular complexity index is 878. The molecule has 8 heteroatoms. The second-order valence-corrected chi connectivity index (χ2v) is 7.67. The quantitative estimate of drug-likeness (QED) is 0.207. The molecule has 1 aliphatic heterocycles. The first kappa shape index (κ1) is 23.6. The highest BCUT2D eigenvalue weighted by atomic mass is 127. The number of amides is 1. The molecule has 0 radical (unpaired) electrons. The number of guanidine groups is 1. The van der Waals surface area contributed by atoms with E-state index in [0.29, 0.717) is 37.5 Å². The van der Waals surface area contributed by atoms with Crippen molar-refractivity contribution in [3.8, 4) is 0 Å². The molecule has 0 fully saturated rings. The highest BCUT2D eigenvalue weighted by Gasteiger charge is 2.24. The summed E-state index contributed by atoms with van der Waals surface area (Å²) in [5.41, 5.74) is 2.72. The number of hydrogen-bond acceptors (Lipinski definition) is 2. The number of nitrogens with zero attached hydrogens (tertiary/aromatic N) is 1. The summed E-state index contributed by atoms with van der Waals surface area (Å²) in [6, 6.07) is 13.0. The average Bonchev–Trinajstić information content (AvgIpc) is 2.68. The number of fused-ring (bicyclic) bond motifs is 1. The Balaban J connectivity index is 0.00000300. The zero-order valence-electron chi connectivity index (χ0n) is 16.2. The third-order valence-electron chi connectivity index (χ3n) is 4.78. The normalized spacial score (nSPS) is 15.8. The van der Waals surface area contributed by atoms with Crippen LogP contribution in [0.1, 0.15) is 29.9 Å². The van der Waals surface area contributed by atoms with Crippen LogP contribution in [0, 0.1) is 5.82 Å². The molecular formula is C21H25BrFIN4O. The number of anilines is 1. The van der Waals surface area contributed by atoms with Gasteiger partial charge in [0.05, 0.1) is 0 Å². The van der Waals surface area contributed by atoms with Crippen LogP contribution in [0.3, 0.4) is 0 Å². The average molecular weight is 575 g/mol. The molecule has 0 saturated carbocycles. The minimum Gasteiger partial charge on any atom is -0.356 e. The largest absolute Gasteiger partial charge is 0.356 e. The van der Waals surface area contributed by atoms with Crippen LogP contribution in [0.4, 0.5) is 10.1 Å². The van der Waals surface area contributed by atoms with Crippen molar-refractivity contribution in [3.05, 3.63) is 63.9 Å². The van der Waals surface area contributed by atoms with E-state index in [1.54, 1.807) is 13.1 Å².